The first-order valence-corrected chi connectivity index (χ1v) is 4.46. The smallest absolute Gasteiger partial charge is 0.110 e. The molecule has 2 rings (SSSR count). The van der Waals surface area contributed by atoms with Crippen LogP contribution in [0.5, 0.6) is 0 Å². The third kappa shape index (κ3) is 1.05. The first-order valence-electron chi connectivity index (χ1n) is 4.46. The molecule has 1 aromatic rings. The van der Waals surface area contributed by atoms with Crippen LogP contribution in [0.15, 0.2) is 0 Å². The number of aryl methyl sites for hydroxylation is 1. The summed E-state index contributed by atoms with van der Waals surface area (Å²) in [5, 5.41) is 0. The van der Waals surface area contributed by atoms with Gasteiger partial charge in [-0.25, -0.2) is 4.98 Å². The monoisotopic (exact) mass is 165 g/mol. The van der Waals surface area contributed by atoms with E-state index in [0.717, 1.165) is 25.1 Å². The average Bonchev–Trinajstić information content (AvgIpc) is 2.28. The van der Waals surface area contributed by atoms with Gasteiger partial charge in [-0.3, -0.25) is 0 Å². The average molecular weight is 165 g/mol. The van der Waals surface area contributed by atoms with Gasteiger partial charge in [0.15, 0.2) is 0 Å². The van der Waals surface area contributed by atoms with Gasteiger partial charge in [-0.1, -0.05) is 0 Å². The predicted octanol–water partition coefficient (Wildman–Crippen LogP) is 0.773. The van der Waals surface area contributed by atoms with Gasteiger partial charge in [-0.2, -0.15) is 0 Å². The van der Waals surface area contributed by atoms with E-state index in [9.17, 15) is 0 Å². The molecule has 1 aromatic heterocycles. The van der Waals surface area contributed by atoms with Gasteiger partial charge in [0.25, 0.3) is 0 Å². The van der Waals surface area contributed by atoms with Gasteiger partial charge in [-0.15, -0.1) is 0 Å². The lowest BCUT2D eigenvalue weighted by atomic mass is 10.1. The first kappa shape index (κ1) is 7.80. The van der Waals surface area contributed by atoms with Gasteiger partial charge < -0.3 is 10.3 Å². The zero-order valence-corrected chi connectivity index (χ0v) is 7.67. The van der Waals surface area contributed by atoms with Crippen LogP contribution in [0.25, 0.3) is 0 Å². The highest BCUT2D eigenvalue weighted by Gasteiger charge is 2.18. The Bertz CT molecular complexity index is 301. The molecule has 0 bridgehead atoms. The molecule has 0 aromatic carbocycles. The van der Waals surface area contributed by atoms with Crippen molar-refractivity contribution in [3.05, 3.63) is 17.2 Å². The highest BCUT2D eigenvalue weighted by atomic mass is 15.1. The summed E-state index contributed by atoms with van der Waals surface area (Å²) >= 11 is 0. The molecular formula is C9H15N3. The number of fused-ring (bicyclic) bond motifs is 1. The van der Waals surface area contributed by atoms with Crippen LogP contribution in [0.4, 0.5) is 0 Å². The minimum Gasteiger partial charge on any atom is -0.332 e. The predicted molar refractivity (Wildman–Crippen MR) is 48.0 cm³/mol. The van der Waals surface area contributed by atoms with Gasteiger partial charge in [0.05, 0.1) is 5.69 Å². The van der Waals surface area contributed by atoms with E-state index in [0.29, 0.717) is 6.04 Å². The molecule has 0 radical (unpaired) electrons. The van der Waals surface area contributed by atoms with Crippen LogP contribution in [0, 0.1) is 13.8 Å². The van der Waals surface area contributed by atoms with Gasteiger partial charge >= 0.3 is 0 Å². The number of imidazole rings is 1. The zero-order chi connectivity index (χ0) is 8.72. The SMILES string of the molecule is Cc1nc2n(c1C)CCC(N)C2. The van der Waals surface area contributed by atoms with Crippen LogP contribution in [0.1, 0.15) is 23.6 Å². The molecular weight excluding hydrogens is 150 g/mol. The van der Waals surface area contributed by atoms with Crippen LogP contribution in [0.2, 0.25) is 0 Å². The summed E-state index contributed by atoms with van der Waals surface area (Å²) in [6.07, 6.45) is 2.03. The molecule has 1 unspecified atom stereocenters. The summed E-state index contributed by atoms with van der Waals surface area (Å²) in [7, 11) is 0. The zero-order valence-electron chi connectivity index (χ0n) is 7.67. The minimum atomic E-state index is 0.318. The van der Waals surface area contributed by atoms with Crippen LogP contribution in [0.3, 0.4) is 0 Å². The molecule has 1 aliphatic rings. The lowest BCUT2D eigenvalue weighted by molar-refractivity contribution is 0.458. The summed E-state index contributed by atoms with van der Waals surface area (Å²) < 4.78 is 2.29. The number of hydrogen-bond acceptors (Lipinski definition) is 2. The van der Waals surface area contributed by atoms with E-state index in [1.54, 1.807) is 0 Å². The van der Waals surface area contributed by atoms with E-state index in [4.69, 9.17) is 5.73 Å². The summed E-state index contributed by atoms with van der Waals surface area (Å²) in [5.74, 6) is 1.17. The Balaban J connectivity index is 2.43. The number of hydrogen-bond donors (Lipinski definition) is 1. The van der Waals surface area contributed by atoms with Crippen molar-refractivity contribution in [3.8, 4) is 0 Å². The maximum atomic E-state index is 5.86. The molecule has 0 saturated heterocycles. The van der Waals surface area contributed by atoms with Crippen molar-refractivity contribution >= 4 is 0 Å². The highest BCUT2D eigenvalue weighted by molar-refractivity contribution is 5.16. The standard InChI is InChI=1S/C9H15N3/c1-6-7(2)12-4-3-8(10)5-9(12)11-6/h8H,3-5,10H2,1-2H3. The highest BCUT2D eigenvalue weighted by Crippen LogP contribution is 2.17. The molecule has 1 aliphatic heterocycles. The largest absolute Gasteiger partial charge is 0.332 e. The van der Waals surface area contributed by atoms with E-state index < -0.39 is 0 Å². The van der Waals surface area contributed by atoms with Crippen LogP contribution in [-0.2, 0) is 13.0 Å². The number of rotatable bonds is 0. The molecule has 0 saturated carbocycles. The maximum absolute atomic E-state index is 5.86. The molecule has 3 heteroatoms. The van der Waals surface area contributed by atoms with Gasteiger partial charge in [0.2, 0.25) is 0 Å². The first-order chi connectivity index (χ1) is 5.68. The minimum absolute atomic E-state index is 0.318. The number of nitrogens with zero attached hydrogens (tertiary/aromatic N) is 2. The van der Waals surface area contributed by atoms with E-state index in [2.05, 4.69) is 23.4 Å². The van der Waals surface area contributed by atoms with E-state index >= 15 is 0 Å². The summed E-state index contributed by atoms with van der Waals surface area (Å²) in [4.78, 5) is 4.48. The van der Waals surface area contributed by atoms with Crippen LogP contribution >= 0.6 is 0 Å². The fourth-order valence-corrected chi connectivity index (χ4v) is 1.81. The molecule has 1 atom stereocenters. The third-order valence-electron chi connectivity index (χ3n) is 2.71. The molecule has 2 heterocycles. The fraction of sp³-hybridized carbons (Fsp3) is 0.667. The lowest BCUT2D eigenvalue weighted by Gasteiger charge is -2.20. The Kier molecular flexibility index (Phi) is 1.68. The Labute approximate surface area is 72.6 Å². The quantitative estimate of drug-likeness (QED) is 0.617. The van der Waals surface area contributed by atoms with Crippen molar-refractivity contribution in [1.29, 1.82) is 0 Å². The Morgan fingerprint density at radius 3 is 3.00 bits per heavy atom. The molecule has 12 heavy (non-hydrogen) atoms. The molecule has 3 nitrogen and oxygen atoms in total. The summed E-state index contributed by atoms with van der Waals surface area (Å²) in [6.45, 7) is 5.23. The van der Waals surface area contributed by atoms with Crippen LogP contribution in [-0.4, -0.2) is 15.6 Å². The summed E-state index contributed by atoms with van der Waals surface area (Å²) in [5.41, 5.74) is 8.31. The van der Waals surface area contributed by atoms with Crippen molar-refractivity contribution in [2.75, 3.05) is 0 Å². The summed E-state index contributed by atoms with van der Waals surface area (Å²) in [6, 6.07) is 0.318. The Morgan fingerprint density at radius 1 is 1.50 bits per heavy atom. The van der Waals surface area contributed by atoms with Crippen molar-refractivity contribution in [3.63, 3.8) is 0 Å². The second kappa shape index (κ2) is 2.59. The van der Waals surface area contributed by atoms with E-state index in [1.165, 1.54) is 11.5 Å². The molecule has 2 N–H and O–H groups in total. The van der Waals surface area contributed by atoms with Gasteiger partial charge in [0, 0.05) is 24.7 Å². The van der Waals surface area contributed by atoms with Crippen molar-refractivity contribution in [2.45, 2.75) is 39.3 Å². The topological polar surface area (TPSA) is 43.8 Å². The van der Waals surface area contributed by atoms with Gasteiger partial charge in [-0.05, 0) is 20.3 Å². The number of aromatic nitrogens is 2. The van der Waals surface area contributed by atoms with Gasteiger partial charge in [0.1, 0.15) is 5.82 Å². The fourth-order valence-electron chi connectivity index (χ4n) is 1.81. The second-order valence-electron chi connectivity index (χ2n) is 3.60. The second-order valence-corrected chi connectivity index (χ2v) is 3.60. The van der Waals surface area contributed by atoms with Crippen molar-refractivity contribution in [2.24, 2.45) is 5.73 Å². The Hall–Kier alpha value is -0.830. The van der Waals surface area contributed by atoms with E-state index in [1.807, 2.05) is 0 Å². The van der Waals surface area contributed by atoms with Crippen molar-refractivity contribution in [1.82, 2.24) is 9.55 Å². The maximum Gasteiger partial charge on any atom is 0.110 e. The third-order valence-corrected chi connectivity index (χ3v) is 2.71. The van der Waals surface area contributed by atoms with Crippen molar-refractivity contribution < 1.29 is 0 Å². The van der Waals surface area contributed by atoms with E-state index in [-0.39, 0.29) is 0 Å². The molecule has 0 spiro atoms. The molecule has 66 valence electrons. The van der Waals surface area contributed by atoms with Crippen LogP contribution < -0.4 is 5.73 Å². The lowest BCUT2D eigenvalue weighted by Crippen LogP contribution is -2.31. The molecule has 0 aliphatic carbocycles. The Morgan fingerprint density at radius 2 is 2.25 bits per heavy atom. The molecule has 0 amide bonds. The number of nitrogens with two attached hydrogens (primary N) is 1. The molecule has 0 fully saturated rings. The normalized spacial score (nSPS) is 22.4.